The number of hydrogen-bond donors (Lipinski definition) is 1. The Morgan fingerprint density at radius 3 is 2.80 bits per heavy atom. The maximum absolute atomic E-state index is 11.0. The molecule has 0 amide bonds. The van der Waals surface area contributed by atoms with Gasteiger partial charge in [-0.1, -0.05) is 18.5 Å². The van der Waals surface area contributed by atoms with E-state index < -0.39 is 5.97 Å². The van der Waals surface area contributed by atoms with E-state index in [0.717, 1.165) is 11.4 Å². The molecule has 0 spiro atoms. The molecule has 0 aliphatic carbocycles. The molecular formula is C14H13ClN2O3. The van der Waals surface area contributed by atoms with Crippen molar-refractivity contribution in [2.24, 2.45) is 0 Å². The van der Waals surface area contributed by atoms with E-state index in [4.69, 9.17) is 21.4 Å². The molecule has 104 valence electrons. The summed E-state index contributed by atoms with van der Waals surface area (Å²) in [7, 11) is 0. The molecule has 0 aromatic carbocycles. The number of rotatable bonds is 4. The van der Waals surface area contributed by atoms with Gasteiger partial charge in [0.25, 0.3) is 0 Å². The Hall–Kier alpha value is -2.14. The second-order valence-electron chi connectivity index (χ2n) is 4.14. The molecule has 0 unspecified atom stereocenters. The number of ether oxygens (including phenoxy) is 1. The largest absolute Gasteiger partial charge is 0.478 e. The molecule has 5 nitrogen and oxygen atoms in total. The van der Waals surface area contributed by atoms with Gasteiger partial charge in [-0.25, -0.2) is 9.78 Å². The minimum absolute atomic E-state index is 0.0253. The minimum atomic E-state index is -1.13. The number of hydrogen-bond acceptors (Lipinski definition) is 4. The van der Waals surface area contributed by atoms with Crippen molar-refractivity contribution in [3.63, 3.8) is 0 Å². The second-order valence-corrected chi connectivity index (χ2v) is 4.51. The normalized spacial score (nSPS) is 10.3. The molecule has 2 heterocycles. The van der Waals surface area contributed by atoms with E-state index in [2.05, 4.69) is 9.97 Å². The van der Waals surface area contributed by atoms with Gasteiger partial charge < -0.3 is 9.84 Å². The number of carboxylic acids is 1. The number of carbonyl (C=O) groups is 1. The summed E-state index contributed by atoms with van der Waals surface area (Å²) in [5.41, 5.74) is 1.60. The van der Waals surface area contributed by atoms with E-state index in [-0.39, 0.29) is 16.5 Å². The molecule has 6 heteroatoms. The first-order chi connectivity index (χ1) is 9.52. The van der Waals surface area contributed by atoms with Crippen LogP contribution in [0.15, 0.2) is 24.4 Å². The lowest BCUT2D eigenvalue weighted by Gasteiger charge is -2.11. The molecule has 0 radical (unpaired) electrons. The molecule has 2 aromatic rings. The SMILES string of the molecule is CCc1nc(C)ccc1Oc1nccc(C(=O)O)c1Cl. The molecule has 0 saturated heterocycles. The first-order valence-corrected chi connectivity index (χ1v) is 6.43. The summed E-state index contributed by atoms with van der Waals surface area (Å²) in [6.07, 6.45) is 2.03. The Morgan fingerprint density at radius 1 is 1.40 bits per heavy atom. The Kier molecular flexibility index (Phi) is 4.20. The fourth-order valence-corrected chi connectivity index (χ4v) is 1.94. The van der Waals surface area contributed by atoms with E-state index >= 15 is 0 Å². The second kappa shape index (κ2) is 5.88. The van der Waals surface area contributed by atoms with Crippen LogP contribution in [0.25, 0.3) is 0 Å². The number of halogens is 1. The van der Waals surface area contributed by atoms with Crippen molar-refractivity contribution in [3.05, 3.63) is 46.4 Å². The van der Waals surface area contributed by atoms with Crippen molar-refractivity contribution in [1.82, 2.24) is 9.97 Å². The average Bonchev–Trinajstić information content (AvgIpc) is 2.42. The van der Waals surface area contributed by atoms with Crippen molar-refractivity contribution in [2.45, 2.75) is 20.3 Å². The summed E-state index contributed by atoms with van der Waals surface area (Å²) in [5.74, 6) is -0.540. The van der Waals surface area contributed by atoms with Crippen LogP contribution in [-0.2, 0) is 6.42 Å². The lowest BCUT2D eigenvalue weighted by atomic mass is 10.2. The maximum Gasteiger partial charge on any atom is 0.337 e. The van der Waals surface area contributed by atoms with Crippen LogP contribution in [0.3, 0.4) is 0 Å². The van der Waals surface area contributed by atoms with Gasteiger partial charge in [-0.05, 0) is 31.5 Å². The van der Waals surface area contributed by atoms with Crippen LogP contribution < -0.4 is 4.74 Å². The van der Waals surface area contributed by atoms with E-state index in [0.29, 0.717) is 12.2 Å². The Bertz CT molecular complexity index is 659. The monoisotopic (exact) mass is 292 g/mol. The molecular weight excluding hydrogens is 280 g/mol. The van der Waals surface area contributed by atoms with Gasteiger partial charge in [0.05, 0.1) is 11.3 Å². The molecule has 0 bridgehead atoms. The first-order valence-electron chi connectivity index (χ1n) is 6.05. The number of aromatic carboxylic acids is 1. The molecule has 0 atom stereocenters. The zero-order chi connectivity index (χ0) is 14.7. The van der Waals surface area contributed by atoms with Crippen LogP contribution >= 0.6 is 11.6 Å². The standard InChI is InChI=1S/C14H13ClN2O3/c1-3-10-11(5-4-8(2)17-10)20-13-12(15)9(14(18)19)6-7-16-13/h4-7H,3H2,1-2H3,(H,18,19). The van der Waals surface area contributed by atoms with Gasteiger partial charge in [-0.15, -0.1) is 0 Å². The van der Waals surface area contributed by atoms with E-state index in [1.165, 1.54) is 12.3 Å². The van der Waals surface area contributed by atoms with Crippen molar-refractivity contribution in [3.8, 4) is 11.6 Å². The number of pyridine rings is 2. The predicted molar refractivity (Wildman–Crippen MR) is 74.6 cm³/mol. The van der Waals surface area contributed by atoms with Crippen LogP contribution in [0.5, 0.6) is 11.6 Å². The van der Waals surface area contributed by atoms with Gasteiger partial charge in [-0.2, -0.15) is 0 Å². The maximum atomic E-state index is 11.0. The topological polar surface area (TPSA) is 72.3 Å². The van der Waals surface area contributed by atoms with Gasteiger partial charge in [0, 0.05) is 11.9 Å². The number of nitrogens with zero attached hydrogens (tertiary/aromatic N) is 2. The highest BCUT2D eigenvalue weighted by Gasteiger charge is 2.16. The average molecular weight is 293 g/mol. The molecule has 0 aliphatic rings. The van der Waals surface area contributed by atoms with E-state index in [1.54, 1.807) is 6.07 Å². The fourth-order valence-electron chi connectivity index (χ4n) is 1.71. The van der Waals surface area contributed by atoms with Crippen LogP contribution in [-0.4, -0.2) is 21.0 Å². The summed E-state index contributed by atoms with van der Waals surface area (Å²) >= 11 is 5.99. The summed E-state index contributed by atoms with van der Waals surface area (Å²) in [6, 6.07) is 4.90. The van der Waals surface area contributed by atoms with Crippen molar-refractivity contribution in [2.75, 3.05) is 0 Å². The van der Waals surface area contributed by atoms with Crippen LogP contribution in [0.4, 0.5) is 0 Å². The molecule has 2 aromatic heterocycles. The molecule has 0 saturated carbocycles. The van der Waals surface area contributed by atoms with Crippen LogP contribution in [0, 0.1) is 6.92 Å². The zero-order valence-electron chi connectivity index (χ0n) is 11.1. The van der Waals surface area contributed by atoms with E-state index in [9.17, 15) is 4.79 Å². The lowest BCUT2D eigenvalue weighted by Crippen LogP contribution is -2.01. The number of carboxylic acid groups (broad SMARTS) is 1. The van der Waals surface area contributed by atoms with Crippen molar-refractivity contribution in [1.29, 1.82) is 0 Å². The summed E-state index contributed by atoms with van der Waals surface area (Å²) in [6.45, 7) is 3.84. The first kappa shape index (κ1) is 14.3. The molecule has 2 rings (SSSR count). The minimum Gasteiger partial charge on any atom is -0.478 e. The third-order valence-corrected chi connectivity index (χ3v) is 3.07. The zero-order valence-corrected chi connectivity index (χ0v) is 11.8. The Morgan fingerprint density at radius 2 is 2.15 bits per heavy atom. The highest BCUT2D eigenvalue weighted by atomic mass is 35.5. The third kappa shape index (κ3) is 2.88. The quantitative estimate of drug-likeness (QED) is 0.934. The molecule has 1 N–H and O–H groups in total. The van der Waals surface area contributed by atoms with Gasteiger partial charge >= 0.3 is 5.97 Å². The summed E-state index contributed by atoms with van der Waals surface area (Å²) < 4.78 is 5.61. The summed E-state index contributed by atoms with van der Waals surface area (Å²) in [4.78, 5) is 19.3. The Labute approximate surface area is 121 Å². The van der Waals surface area contributed by atoms with Crippen molar-refractivity contribution >= 4 is 17.6 Å². The van der Waals surface area contributed by atoms with Gasteiger partial charge in [-0.3, -0.25) is 4.98 Å². The highest BCUT2D eigenvalue weighted by molar-refractivity contribution is 6.34. The molecule has 20 heavy (non-hydrogen) atoms. The van der Waals surface area contributed by atoms with Crippen LogP contribution in [0.1, 0.15) is 28.7 Å². The highest BCUT2D eigenvalue weighted by Crippen LogP contribution is 2.31. The lowest BCUT2D eigenvalue weighted by molar-refractivity contribution is 0.0696. The third-order valence-electron chi connectivity index (χ3n) is 2.70. The van der Waals surface area contributed by atoms with Gasteiger partial charge in [0.1, 0.15) is 5.02 Å². The fraction of sp³-hybridized carbons (Fsp3) is 0.214. The predicted octanol–water partition coefficient (Wildman–Crippen LogP) is 3.49. The van der Waals surface area contributed by atoms with Crippen molar-refractivity contribution < 1.29 is 14.6 Å². The molecule has 0 aliphatic heterocycles. The Balaban J connectivity index is 2.40. The van der Waals surface area contributed by atoms with E-state index in [1.807, 2.05) is 19.9 Å². The smallest absolute Gasteiger partial charge is 0.337 e. The molecule has 0 fully saturated rings. The van der Waals surface area contributed by atoms with Crippen LogP contribution in [0.2, 0.25) is 5.02 Å². The van der Waals surface area contributed by atoms with Gasteiger partial charge in [0.2, 0.25) is 5.88 Å². The number of aromatic nitrogens is 2. The summed E-state index contributed by atoms with van der Waals surface area (Å²) in [5, 5.41) is 8.99. The number of aryl methyl sites for hydroxylation is 2. The van der Waals surface area contributed by atoms with Gasteiger partial charge in [0.15, 0.2) is 5.75 Å².